The first-order valence-corrected chi connectivity index (χ1v) is 5.84. The summed E-state index contributed by atoms with van der Waals surface area (Å²) in [5.74, 6) is 0.0935. The van der Waals surface area contributed by atoms with E-state index in [2.05, 4.69) is 13.8 Å². The summed E-state index contributed by atoms with van der Waals surface area (Å²) in [5, 5.41) is 0. The minimum atomic E-state index is -0.00590. The molecule has 0 saturated carbocycles. The molecule has 1 fully saturated rings. The van der Waals surface area contributed by atoms with Gasteiger partial charge in [0.15, 0.2) is 5.78 Å². The van der Waals surface area contributed by atoms with Gasteiger partial charge in [0.25, 0.3) is 0 Å². The second kappa shape index (κ2) is 4.32. The Kier molecular flexibility index (Phi) is 3.01. The highest BCUT2D eigenvalue weighted by atomic mass is 16.2. The van der Waals surface area contributed by atoms with Gasteiger partial charge in [-0.2, -0.15) is 0 Å². The van der Waals surface area contributed by atoms with E-state index in [1.54, 1.807) is 17.0 Å². The number of nitrogens with zero attached hydrogens (tertiary/aromatic N) is 1. The van der Waals surface area contributed by atoms with Gasteiger partial charge in [0.1, 0.15) is 0 Å². The molecule has 0 aliphatic carbocycles. The van der Waals surface area contributed by atoms with Crippen LogP contribution in [0.15, 0.2) is 30.3 Å². The zero-order valence-corrected chi connectivity index (χ0v) is 10.3. The molecule has 0 spiro atoms. The predicted octanol–water partition coefficient (Wildman–Crippen LogP) is 2.13. The summed E-state index contributed by atoms with van der Waals surface area (Å²) in [6.07, 6.45) is 0.537. The van der Waals surface area contributed by atoms with E-state index in [1.165, 1.54) is 0 Å². The number of hydrogen-bond acceptors (Lipinski definition) is 2. The molecule has 1 amide bonds. The van der Waals surface area contributed by atoms with Crippen molar-refractivity contribution in [2.45, 2.75) is 20.3 Å². The Hall–Kier alpha value is -1.64. The van der Waals surface area contributed by atoms with Crippen LogP contribution in [0.2, 0.25) is 0 Å². The van der Waals surface area contributed by atoms with Crippen LogP contribution in [0.25, 0.3) is 0 Å². The number of likely N-dealkylation sites (tertiary alicyclic amines) is 1. The van der Waals surface area contributed by atoms with E-state index in [9.17, 15) is 9.59 Å². The van der Waals surface area contributed by atoms with E-state index in [0.29, 0.717) is 18.5 Å². The summed E-state index contributed by atoms with van der Waals surface area (Å²) in [6.45, 7) is 4.98. The minimum Gasteiger partial charge on any atom is -0.334 e. The molecule has 3 heteroatoms. The second-order valence-corrected chi connectivity index (χ2v) is 5.38. The highest BCUT2D eigenvalue weighted by Crippen LogP contribution is 2.29. The lowest BCUT2D eigenvalue weighted by molar-refractivity contribution is -0.127. The monoisotopic (exact) mass is 231 g/mol. The van der Waals surface area contributed by atoms with Crippen molar-refractivity contribution in [3.8, 4) is 0 Å². The maximum Gasteiger partial charge on any atom is 0.223 e. The molecule has 0 aromatic heterocycles. The Morgan fingerprint density at radius 2 is 1.94 bits per heavy atom. The van der Waals surface area contributed by atoms with Gasteiger partial charge in [-0.15, -0.1) is 0 Å². The van der Waals surface area contributed by atoms with Crippen LogP contribution in [0, 0.1) is 5.41 Å². The quantitative estimate of drug-likeness (QED) is 0.747. The Morgan fingerprint density at radius 1 is 1.29 bits per heavy atom. The highest BCUT2D eigenvalue weighted by Gasteiger charge is 2.36. The third-order valence-corrected chi connectivity index (χ3v) is 3.03. The van der Waals surface area contributed by atoms with Gasteiger partial charge in [-0.3, -0.25) is 9.59 Å². The molecule has 0 atom stereocenters. The van der Waals surface area contributed by atoms with E-state index in [4.69, 9.17) is 0 Å². The fourth-order valence-corrected chi connectivity index (χ4v) is 2.21. The molecule has 90 valence electrons. The lowest BCUT2D eigenvalue weighted by atomic mass is 9.93. The summed E-state index contributed by atoms with van der Waals surface area (Å²) in [6, 6.07) is 9.12. The molecule has 3 nitrogen and oxygen atoms in total. The SMILES string of the molecule is CC1(C)CC(=O)N(CC(=O)c2ccccc2)C1. The van der Waals surface area contributed by atoms with E-state index in [0.717, 1.165) is 0 Å². The third kappa shape index (κ3) is 2.73. The summed E-state index contributed by atoms with van der Waals surface area (Å²) in [4.78, 5) is 25.4. The Labute approximate surface area is 101 Å². The standard InChI is InChI=1S/C14H17NO2/c1-14(2)8-13(17)15(10-14)9-12(16)11-6-4-3-5-7-11/h3-7H,8-10H2,1-2H3. The zero-order chi connectivity index (χ0) is 12.5. The molecule has 1 heterocycles. The van der Waals surface area contributed by atoms with Crippen molar-refractivity contribution in [1.82, 2.24) is 4.90 Å². The van der Waals surface area contributed by atoms with Crippen LogP contribution in [-0.4, -0.2) is 29.7 Å². The molecule has 1 aliphatic rings. The number of Topliss-reactive ketones (excluding diaryl/α,β-unsaturated/α-hetero) is 1. The molecular formula is C14H17NO2. The van der Waals surface area contributed by atoms with Crippen molar-refractivity contribution < 1.29 is 9.59 Å². The molecule has 0 radical (unpaired) electrons. The Balaban J connectivity index is 2.03. The third-order valence-electron chi connectivity index (χ3n) is 3.03. The van der Waals surface area contributed by atoms with Crippen molar-refractivity contribution in [3.63, 3.8) is 0 Å². The molecule has 2 rings (SSSR count). The average Bonchev–Trinajstić information content (AvgIpc) is 2.53. The van der Waals surface area contributed by atoms with E-state index in [1.807, 2.05) is 18.2 Å². The number of benzene rings is 1. The first-order valence-electron chi connectivity index (χ1n) is 5.84. The van der Waals surface area contributed by atoms with Gasteiger partial charge in [0, 0.05) is 18.5 Å². The fourth-order valence-electron chi connectivity index (χ4n) is 2.21. The maximum atomic E-state index is 12.0. The number of hydrogen-bond donors (Lipinski definition) is 0. The van der Waals surface area contributed by atoms with E-state index in [-0.39, 0.29) is 23.7 Å². The Morgan fingerprint density at radius 3 is 2.47 bits per heavy atom. The first-order chi connectivity index (χ1) is 7.98. The van der Waals surface area contributed by atoms with Crippen LogP contribution in [0.3, 0.4) is 0 Å². The van der Waals surface area contributed by atoms with Gasteiger partial charge >= 0.3 is 0 Å². The number of amides is 1. The molecule has 17 heavy (non-hydrogen) atoms. The zero-order valence-electron chi connectivity index (χ0n) is 10.3. The van der Waals surface area contributed by atoms with Crippen molar-refractivity contribution in [3.05, 3.63) is 35.9 Å². The number of ketones is 1. The van der Waals surface area contributed by atoms with Crippen LogP contribution in [0.1, 0.15) is 30.6 Å². The summed E-state index contributed by atoms with van der Waals surface area (Å²) >= 11 is 0. The van der Waals surface area contributed by atoms with E-state index >= 15 is 0 Å². The lowest BCUT2D eigenvalue weighted by Gasteiger charge is -2.18. The number of carbonyl (C=O) groups is 2. The van der Waals surface area contributed by atoms with Crippen LogP contribution in [0.5, 0.6) is 0 Å². The van der Waals surface area contributed by atoms with Crippen LogP contribution < -0.4 is 0 Å². The molecule has 1 saturated heterocycles. The lowest BCUT2D eigenvalue weighted by Crippen LogP contribution is -2.32. The van der Waals surface area contributed by atoms with Gasteiger partial charge in [-0.25, -0.2) is 0 Å². The molecule has 1 aromatic carbocycles. The van der Waals surface area contributed by atoms with Gasteiger partial charge in [0.2, 0.25) is 5.91 Å². The molecule has 1 aliphatic heterocycles. The van der Waals surface area contributed by atoms with Gasteiger partial charge < -0.3 is 4.90 Å². The summed E-state index contributed by atoms with van der Waals surface area (Å²) in [5.41, 5.74) is 0.665. The minimum absolute atomic E-state index is 0.00590. The first kappa shape index (κ1) is 11.8. The molecule has 0 unspecified atom stereocenters. The predicted molar refractivity (Wildman–Crippen MR) is 65.8 cm³/mol. The number of carbonyl (C=O) groups excluding carboxylic acids is 2. The van der Waals surface area contributed by atoms with Crippen LogP contribution in [0.4, 0.5) is 0 Å². The average molecular weight is 231 g/mol. The van der Waals surface area contributed by atoms with Crippen molar-refractivity contribution >= 4 is 11.7 Å². The molecule has 1 aromatic rings. The van der Waals surface area contributed by atoms with Crippen molar-refractivity contribution in [2.75, 3.05) is 13.1 Å². The summed E-state index contributed by atoms with van der Waals surface area (Å²) < 4.78 is 0. The molecule has 0 bridgehead atoms. The fraction of sp³-hybridized carbons (Fsp3) is 0.429. The van der Waals surface area contributed by atoms with Gasteiger partial charge in [0.05, 0.1) is 6.54 Å². The summed E-state index contributed by atoms with van der Waals surface area (Å²) in [7, 11) is 0. The second-order valence-electron chi connectivity index (χ2n) is 5.38. The largest absolute Gasteiger partial charge is 0.334 e. The molecular weight excluding hydrogens is 214 g/mol. The van der Waals surface area contributed by atoms with Gasteiger partial charge in [-0.1, -0.05) is 44.2 Å². The molecule has 0 N–H and O–H groups in total. The number of rotatable bonds is 3. The normalized spacial score (nSPS) is 18.5. The van der Waals surface area contributed by atoms with E-state index < -0.39 is 0 Å². The van der Waals surface area contributed by atoms with Crippen LogP contribution >= 0.6 is 0 Å². The van der Waals surface area contributed by atoms with Crippen molar-refractivity contribution in [2.24, 2.45) is 5.41 Å². The van der Waals surface area contributed by atoms with Crippen molar-refractivity contribution in [1.29, 1.82) is 0 Å². The highest BCUT2D eigenvalue weighted by molar-refractivity contribution is 5.99. The van der Waals surface area contributed by atoms with Crippen LogP contribution in [-0.2, 0) is 4.79 Å². The van der Waals surface area contributed by atoms with Gasteiger partial charge in [-0.05, 0) is 5.41 Å². The Bertz CT molecular complexity index is 437. The maximum absolute atomic E-state index is 12.0. The smallest absolute Gasteiger partial charge is 0.223 e. The topological polar surface area (TPSA) is 37.4 Å².